The van der Waals surface area contributed by atoms with E-state index in [0.29, 0.717) is 37.5 Å². The van der Waals surface area contributed by atoms with E-state index in [2.05, 4.69) is 18.7 Å². The Morgan fingerprint density at radius 2 is 1.61 bits per heavy atom. The van der Waals surface area contributed by atoms with Gasteiger partial charge in [-0.2, -0.15) is 0 Å². The number of piperidine rings is 1. The number of hydrogen-bond donors (Lipinski definition) is 1. The summed E-state index contributed by atoms with van der Waals surface area (Å²) in [5.74, 6) is 0.0739. The summed E-state index contributed by atoms with van der Waals surface area (Å²) in [5, 5.41) is 9.77. The van der Waals surface area contributed by atoms with Gasteiger partial charge in [0.1, 0.15) is 0 Å². The second-order valence-corrected chi connectivity index (χ2v) is 9.37. The van der Waals surface area contributed by atoms with Crippen molar-refractivity contribution in [2.75, 3.05) is 31.1 Å². The zero-order valence-electron chi connectivity index (χ0n) is 19.5. The van der Waals surface area contributed by atoms with E-state index in [1.807, 2.05) is 28.0 Å². The lowest BCUT2D eigenvalue weighted by molar-refractivity contribution is -0.116. The summed E-state index contributed by atoms with van der Waals surface area (Å²) >= 11 is 0. The van der Waals surface area contributed by atoms with E-state index in [1.165, 1.54) is 19.3 Å². The van der Waals surface area contributed by atoms with Gasteiger partial charge in [-0.1, -0.05) is 19.3 Å². The SMILES string of the molecule is CC(=O)N1CCCCCCCN(C(C)C)Cc2cc(C(=O)N3CCC(O)CC3)ccc21. The number of likely N-dealkylation sites (tertiary alicyclic amines) is 1. The number of carbonyl (C=O) groups is 2. The molecule has 31 heavy (non-hydrogen) atoms. The van der Waals surface area contributed by atoms with Crippen LogP contribution in [0, 0.1) is 0 Å². The lowest BCUT2D eigenvalue weighted by Crippen LogP contribution is -2.40. The molecule has 2 aliphatic rings. The van der Waals surface area contributed by atoms with Crippen LogP contribution in [0.15, 0.2) is 18.2 Å². The molecule has 3 rings (SSSR count). The van der Waals surface area contributed by atoms with Crippen molar-refractivity contribution in [3.05, 3.63) is 29.3 Å². The molecule has 2 heterocycles. The average molecular weight is 430 g/mol. The third-order valence-electron chi connectivity index (χ3n) is 6.68. The Hall–Kier alpha value is -1.92. The van der Waals surface area contributed by atoms with E-state index in [0.717, 1.165) is 43.7 Å². The average Bonchev–Trinajstić information content (AvgIpc) is 2.73. The Morgan fingerprint density at radius 3 is 2.26 bits per heavy atom. The van der Waals surface area contributed by atoms with Crippen molar-refractivity contribution < 1.29 is 14.7 Å². The van der Waals surface area contributed by atoms with Crippen LogP contribution < -0.4 is 4.90 Å². The van der Waals surface area contributed by atoms with Crippen molar-refractivity contribution in [1.29, 1.82) is 0 Å². The van der Waals surface area contributed by atoms with Gasteiger partial charge >= 0.3 is 0 Å². The van der Waals surface area contributed by atoms with Gasteiger partial charge in [0.15, 0.2) is 0 Å². The largest absolute Gasteiger partial charge is 0.393 e. The third kappa shape index (κ3) is 6.30. The summed E-state index contributed by atoms with van der Waals surface area (Å²) in [6.45, 7) is 9.72. The van der Waals surface area contributed by atoms with E-state index in [4.69, 9.17) is 0 Å². The molecule has 1 N–H and O–H groups in total. The van der Waals surface area contributed by atoms with Crippen molar-refractivity contribution in [3.63, 3.8) is 0 Å². The van der Waals surface area contributed by atoms with Gasteiger partial charge in [-0.15, -0.1) is 0 Å². The Kier molecular flexibility index (Phi) is 8.50. The summed E-state index contributed by atoms with van der Waals surface area (Å²) in [5.41, 5.74) is 2.66. The quantitative estimate of drug-likeness (QED) is 0.776. The van der Waals surface area contributed by atoms with Gasteiger partial charge in [0, 0.05) is 50.4 Å². The highest BCUT2D eigenvalue weighted by Gasteiger charge is 2.25. The lowest BCUT2D eigenvalue weighted by atomic mass is 10.0. The van der Waals surface area contributed by atoms with Gasteiger partial charge < -0.3 is 14.9 Å². The molecule has 1 fully saturated rings. The van der Waals surface area contributed by atoms with Crippen molar-refractivity contribution in [1.82, 2.24) is 9.80 Å². The van der Waals surface area contributed by atoms with E-state index >= 15 is 0 Å². The first-order valence-electron chi connectivity index (χ1n) is 12.0. The van der Waals surface area contributed by atoms with Crippen LogP contribution in [0.1, 0.15) is 81.6 Å². The number of fused-ring (bicyclic) bond motifs is 1. The Morgan fingerprint density at radius 1 is 0.968 bits per heavy atom. The van der Waals surface area contributed by atoms with Gasteiger partial charge in [-0.3, -0.25) is 14.5 Å². The summed E-state index contributed by atoms with van der Waals surface area (Å²) in [4.78, 5) is 31.8. The molecule has 0 aliphatic carbocycles. The highest BCUT2D eigenvalue weighted by Crippen LogP contribution is 2.27. The molecule has 0 aromatic heterocycles. The third-order valence-corrected chi connectivity index (χ3v) is 6.68. The Labute approximate surface area is 187 Å². The molecule has 0 radical (unpaired) electrons. The maximum absolute atomic E-state index is 13.2. The smallest absolute Gasteiger partial charge is 0.253 e. The van der Waals surface area contributed by atoms with Crippen LogP contribution in [0.2, 0.25) is 0 Å². The molecule has 0 bridgehead atoms. The summed E-state index contributed by atoms with van der Waals surface area (Å²) in [6, 6.07) is 6.23. The maximum Gasteiger partial charge on any atom is 0.253 e. The number of hydrogen-bond acceptors (Lipinski definition) is 4. The van der Waals surface area contributed by atoms with Gasteiger partial charge in [-0.05, 0) is 69.8 Å². The van der Waals surface area contributed by atoms with Gasteiger partial charge in [-0.25, -0.2) is 0 Å². The number of carbonyl (C=O) groups excluding carboxylic acids is 2. The van der Waals surface area contributed by atoms with E-state index in [1.54, 1.807) is 6.92 Å². The normalized spacial score (nSPS) is 20.2. The molecule has 172 valence electrons. The Balaban J connectivity index is 1.94. The molecule has 6 nitrogen and oxygen atoms in total. The van der Waals surface area contributed by atoms with Crippen molar-refractivity contribution >= 4 is 17.5 Å². The number of anilines is 1. The Bertz CT molecular complexity index is 756. The topological polar surface area (TPSA) is 64.1 Å². The number of amides is 2. The zero-order chi connectivity index (χ0) is 22.4. The minimum absolute atomic E-state index is 0.0197. The first kappa shape index (κ1) is 23.7. The van der Waals surface area contributed by atoms with E-state index in [-0.39, 0.29) is 17.9 Å². The number of benzene rings is 1. The number of aliphatic hydroxyl groups is 1. The van der Waals surface area contributed by atoms with Crippen molar-refractivity contribution in [2.24, 2.45) is 0 Å². The summed E-state index contributed by atoms with van der Waals surface area (Å²) < 4.78 is 0. The van der Waals surface area contributed by atoms with Gasteiger partial charge in [0.05, 0.1) is 6.10 Å². The maximum atomic E-state index is 13.2. The van der Waals surface area contributed by atoms with Gasteiger partial charge in [0.2, 0.25) is 5.91 Å². The van der Waals surface area contributed by atoms with Crippen LogP contribution in [0.4, 0.5) is 5.69 Å². The molecule has 1 aromatic rings. The van der Waals surface area contributed by atoms with Crippen LogP contribution in [-0.2, 0) is 11.3 Å². The van der Waals surface area contributed by atoms with Gasteiger partial charge in [0.25, 0.3) is 5.91 Å². The van der Waals surface area contributed by atoms with E-state index < -0.39 is 0 Å². The molecule has 1 saturated heterocycles. The van der Waals surface area contributed by atoms with Crippen LogP contribution in [0.25, 0.3) is 0 Å². The van der Waals surface area contributed by atoms with Crippen LogP contribution in [0.5, 0.6) is 0 Å². The molecule has 2 aliphatic heterocycles. The predicted molar refractivity (Wildman–Crippen MR) is 124 cm³/mol. The monoisotopic (exact) mass is 429 g/mol. The molecular weight excluding hydrogens is 390 g/mol. The standard InChI is InChI=1S/C25H39N3O3/c1-19(2)27-13-7-5-4-6-8-14-28(20(3)29)24-10-9-21(17-22(24)18-27)25(31)26-15-11-23(30)12-16-26/h9-10,17,19,23,30H,4-8,11-16,18H2,1-3H3. The molecule has 2 amide bonds. The summed E-state index contributed by atoms with van der Waals surface area (Å²) in [6.07, 6.45) is 6.72. The highest BCUT2D eigenvalue weighted by molar-refractivity contribution is 5.97. The number of aliphatic hydroxyl groups excluding tert-OH is 1. The zero-order valence-corrected chi connectivity index (χ0v) is 19.5. The van der Waals surface area contributed by atoms with Crippen LogP contribution >= 0.6 is 0 Å². The number of rotatable bonds is 2. The van der Waals surface area contributed by atoms with Crippen LogP contribution in [-0.4, -0.2) is 65.0 Å². The second kappa shape index (κ2) is 11.1. The lowest BCUT2D eigenvalue weighted by Gasteiger charge is -2.32. The molecule has 0 atom stereocenters. The highest BCUT2D eigenvalue weighted by atomic mass is 16.3. The minimum Gasteiger partial charge on any atom is -0.393 e. The molecule has 1 aromatic carbocycles. The molecule has 0 spiro atoms. The summed E-state index contributed by atoms with van der Waals surface area (Å²) in [7, 11) is 0. The minimum atomic E-state index is -0.302. The fourth-order valence-corrected chi connectivity index (χ4v) is 4.66. The van der Waals surface area contributed by atoms with Crippen molar-refractivity contribution in [3.8, 4) is 0 Å². The number of nitrogens with zero attached hydrogens (tertiary/aromatic N) is 3. The predicted octanol–water partition coefficient (Wildman–Crippen LogP) is 3.81. The first-order chi connectivity index (χ1) is 14.9. The second-order valence-electron chi connectivity index (χ2n) is 9.37. The fraction of sp³-hybridized carbons (Fsp3) is 0.680. The molecule has 0 unspecified atom stereocenters. The molecule has 0 saturated carbocycles. The molecule has 6 heteroatoms. The van der Waals surface area contributed by atoms with Crippen molar-refractivity contribution in [2.45, 2.75) is 84.4 Å². The fourth-order valence-electron chi connectivity index (χ4n) is 4.66. The van der Waals surface area contributed by atoms with Crippen LogP contribution in [0.3, 0.4) is 0 Å². The van der Waals surface area contributed by atoms with E-state index in [9.17, 15) is 14.7 Å². The first-order valence-corrected chi connectivity index (χ1v) is 12.0. The molecular formula is C25H39N3O3.